The molecular formula is C35H27EuF3N2Na2O8S2. The summed E-state index contributed by atoms with van der Waals surface area (Å²) in [7, 11) is -4.52. The van der Waals surface area contributed by atoms with Crippen LogP contribution < -0.4 is 63.3 Å². The number of nitrogens with zero attached hydrogens (tertiary/aromatic N) is 2. The van der Waals surface area contributed by atoms with Gasteiger partial charge in [-0.1, -0.05) is 66.2 Å². The summed E-state index contributed by atoms with van der Waals surface area (Å²) >= 11 is -2.64. The van der Waals surface area contributed by atoms with Gasteiger partial charge in [-0.2, -0.15) is 13.2 Å². The van der Waals surface area contributed by atoms with E-state index in [1.165, 1.54) is 12.1 Å². The summed E-state index contributed by atoms with van der Waals surface area (Å²) in [6.07, 6.45) is -5.91. The predicted octanol–water partition coefficient (Wildman–Crippen LogP) is 0.544. The number of rotatable bonds is 8. The number of hydrogen-bond donors (Lipinski definition) is 2. The number of fused-ring (bicyclic) bond motifs is 3. The number of aliphatic hydroxyl groups is 2. The first-order chi connectivity index (χ1) is 23.6. The molecule has 0 aliphatic carbocycles. The van der Waals surface area contributed by atoms with Crippen molar-refractivity contribution in [1.82, 2.24) is 9.97 Å². The van der Waals surface area contributed by atoms with Crippen LogP contribution in [-0.4, -0.2) is 54.2 Å². The second-order valence-electron chi connectivity index (χ2n) is 11.1. The quantitative estimate of drug-likeness (QED) is 0.0951. The van der Waals surface area contributed by atoms with Gasteiger partial charge in [-0.3, -0.25) is 9.97 Å². The maximum atomic E-state index is 12.0. The molecule has 0 aliphatic rings. The molecule has 10 nitrogen and oxygen atoms in total. The van der Waals surface area contributed by atoms with Crippen LogP contribution in [0.4, 0.5) is 13.2 Å². The first-order valence-electron chi connectivity index (χ1n) is 14.7. The summed E-state index contributed by atoms with van der Waals surface area (Å²) in [6, 6.07) is 26.4. The molecule has 0 saturated heterocycles. The van der Waals surface area contributed by atoms with Crippen LogP contribution in [0.2, 0.25) is 0 Å². The molecule has 2 N–H and O–H groups in total. The van der Waals surface area contributed by atoms with Gasteiger partial charge in [-0.25, -0.2) is 12.6 Å². The molecule has 6 aromatic rings. The van der Waals surface area contributed by atoms with E-state index in [0.29, 0.717) is 16.6 Å². The molecule has 6 rings (SSSR count). The number of aromatic nitrogens is 2. The molecule has 0 bridgehead atoms. The van der Waals surface area contributed by atoms with Crippen LogP contribution in [0.25, 0.3) is 44.1 Å². The van der Waals surface area contributed by atoms with E-state index < -0.39 is 46.3 Å². The molecule has 0 aliphatic heterocycles. The van der Waals surface area contributed by atoms with Gasteiger partial charge in [0.15, 0.2) is 6.10 Å². The summed E-state index contributed by atoms with van der Waals surface area (Å²) in [5.41, 5.74) is 5.96. The zero-order valence-electron chi connectivity index (χ0n) is 28.3. The van der Waals surface area contributed by atoms with Crippen LogP contribution >= 0.6 is 0 Å². The minimum Gasteiger partial charge on any atom is -0.744 e. The second-order valence-corrected chi connectivity index (χ2v) is 13.0. The normalized spacial score (nSPS) is 12.9. The smallest absolute Gasteiger partial charge is 0.744 e. The first kappa shape index (κ1) is 48.0. The van der Waals surface area contributed by atoms with Gasteiger partial charge < -0.3 is 23.5 Å². The molecule has 267 valence electrons. The molecule has 2 aromatic heterocycles. The van der Waals surface area contributed by atoms with Crippen molar-refractivity contribution in [3.8, 4) is 28.0 Å². The Morgan fingerprint density at radius 3 is 1.64 bits per heavy atom. The van der Waals surface area contributed by atoms with Crippen molar-refractivity contribution in [1.29, 1.82) is 0 Å². The van der Waals surface area contributed by atoms with Crippen LogP contribution in [0.1, 0.15) is 23.7 Å². The van der Waals surface area contributed by atoms with Crippen LogP contribution in [-0.2, 0) is 21.5 Å². The van der Waals surface area contributed by atoms with Gasteiger partial charge in [-0.05, 0) is 71.1 Å². The second kappa shape index (κ2) is 20.8. The zero-order chi connectivity index (χ0) is 36.2. The molecule has 4 aromatic carbocycles. The van der Waals surface area contributed by atoms with E-state index in [1.54, 1.807) is 73.1 Å². The van der Waals surface area contributed by atoms with E-state index in [1.807, 2.05) is 31.2 Å². The largest absolute Gasteiger partial charge is 1.00 e. The molecule has 0 amide bonds. The Hall–Kier alpha value is -1.19. The van der Waals surface area contributed by atoms with Gasteiger partial charge in [0.25, 0.3) is 0 Å². The Morgan fingerprint density at radius 2 is 1.23 bits per heavy atom. The van der Waals surface area contributed by atoms with Gasteiger partial charge in [0.05, 0.1) is 22.0 Å². The van der Waals surface area contributed by atoms with Crippen molar-refractivity contribution in [2.45, 2.75) is 36.6 Å². The summed E-state index contributed by atoms with van der Waals surface area (Å²) in [6.45, 7) is 1.83. The fourth-order valence-corrected chi connectivity index (χ4v) is 5.91. The van der Waals surface area contributed by atoms with Crippen molar-refractivity contribution < 1.29 is 158 Å². The fourth-order valence-electron chi connectivity index (χ4n) is 5.17. The Labute approximate surface area is 391 Å². The molecule has 3 atom stereocenters. The van der Waals surface area contributed by atoms with Gasteiger partial charge >= 0.3 is 65.3 Å². The van der Waals surface area contributed by atoms with Crippen molar-refractivity contribution >= 4 is 43.3 Å². The van der Waals surface area contributed by atoms with Crippen molar-refractivity contribution in [2.24, 2.45) is 0 Å². The molecule has 1 radical (unpaired) electrons. The molecule has 0 spiro atoms. The summed E-state index contributed by atoms with van der Waals surface area (Å²) in [4.78, 5) is 8.79. The maximum absolute atomic E-state index is 12.0. The first-order valence-corrected chi connectivity index (χ1v) is 17.1. The minimum absolute atomic E-state index is 0. The zero-order valence-corrected chi connectivity index (χ0v) is 36.4. The van der Waals surface area contributed by atoms with Crippen molar-refractivity contribution in [3.63, 3.8) is 0 Å². The summed E-state index contributed by atoms with van der Waals surface area (Å²) < 4.78 is 96.0. The Morgan fingerprint density at radius 1 is 0.774 bits per heavy atom. The standard InChI is InChI=1S/C24H16N2O6S2.C11H13F3O2.Eu.2Na/c27-33(28)32-17-5-1-15(2-6-17)19-11-13-25-23-21(19)9-10-22-20(12-14-26-24(22)23)16-3-7-18(8-4-16)34(29,30)31;1-7-2-4-8(5-3-7)9(15)6-10(16)11(12,13)14;;;/h1-14H,(H,27,28)(H,29,30,31);2-5,9-10,15-16H,6H2,1H3;;;/q;;;2*+1/p-2. The number of halogens is 3. The average molecular weight is 923 g/mol. The van der Waals surface area contributed by atoms with Crippen molar-refractivity contribution in [2.75, 3.05) is 0 Å². The maximum Gasteiger partial charge on any atom is 1.00 e. The van der Waals surface area contributed by atoms with Gasteiger partial charge in [0.2, 0.25) is 0 Å². The fraction of sp³-hybridized carbons (Fsp3) is 0.143. The van der Waals surface area contributed by atoms with Crippen molar-refractivity contribution in [3.05, 3.63) is 121 Å². The molecule has 53 heavy (non-hydrogen) atoms. The molecule has 18 heteroatoms. The summed E-state index contributed by atoms with van der Waals surface area (Å²) in [5.74, 6) is 0.211. The van der Waals surface area contributed by atoms with Crippen LogP contribution in [0.5, 0.6) is 5.75 Å². The topological polar surface area (TPSA) is 173 Å². The number of aliphatic hydroxyl groups excluding tert-OH is 2. The SMILES string of the molecule is Cc1ccc(C(O)CC(O)C(F)(F)F)cc1.O=S([O-])Oc1ccc(-c2ccnc3c2ccc2c(-c4ccc(S(=O)(=O)[O-])cc4)ccnc23)cc1.[Eu].[Na+].[Na+]. The summed E-state index contributed by atoms with van der Waals surface area (Å²) in [5, 5.41) is 19.9. The molecule has 3 unspecified atom stereocenters. The number of alkyl halides is 3. The van der Waals surface area contributed by atoms with E-state index in [9.17, 15) is 40.0 Å². The third kappa shape index (κ3) is 12.7. The third-order valence-electron chi connectivity index (χ3n) is 7.69. The Kier molecular flexibility index (Phi) is 18.8. The Balaban J connectivity index is 0.000000438. The van der Waals surface area contributed by atoms with E-state index in [-0.39, 0.29) is 119 Å². The number of aryl methyl sites for hydroxylation is 1. The van der Waals surface area contributed by atoms with E-state index in [2.05, 4.69) is 14.2 Å². The van der Waals surface area contributed by atoms with Crippen LogP contribution in [0.15, 0.2) is 114 Å². The minimum atomic E-state index is -4.69. The van der Waals surface area contributed by atoms with E-state index in [4.69, 9.17) is 5.11 Å². The molecule has 0 fully saturated rings. The van der Waals surface area contributed by atoms with Gasteiger partial charge in [0.1, 0.15) is 27.2 Å². The molecular weight excluding hydrogens is 895 g/mol. The van der Waals surface area contributed by atoms with Crippen LogP contribution in [0.3, 0.4) is 0 Å². The average Bonchev–Trinajstić information content (AvgIpc) is 3.07. The van der Waals surface area contributed by atoms with Gasteiger partial charge in [0, 0.05) is 79.0 Å². The molecule has 2 heterocycles. The van der Waals surface area contributed by atoms with Gasteiger partial charge in [-0.15, -0.1) is 0 Å². The number of pyridine rings is 2. The molecule has 0 saturated carbocycles. The Bertz CT molecular complexity index is 2270. The van der Waals surface area contributed by atoms with Crippen LogP contribution in [0, 0.1) is 56.3 Å². The monoisotopic (exact) mass is 923 g/mol. The van der Waals surface area contributed by atoms with E-state index in [0.717, 1.165) is 38.6 Å². The third-order valence-corrected chi connectivity index (χ3v) is 8.87. The number of hydrogen-bond acceptors (Lipinski definition) is 10. The number of benzene rings is 4. The predicted molar refractivity (Wildman–Crippen MR) is 178 cm³/mol. The van der Waals surface area contributed by atoms with E-state index >= 15 is 0 Å².